The van der Waals surface area contributed by atoms with Crippen LogP contribution < -0.4 is 10.6 Å². The van der Waals surface area contributed by atoms with E-state index in [9.17, 15) is 4.79 Å². The van der Waals surface area contributed by atoms with E-state index >= 15 is 0 Å². The van der Waals surface area contributed by atoms with Crippen molar-refractivity contribution in [2.75, 3.05) is 24.7 Å². The van der Waals surface area contributed by atoms with Gasteiger partial charge in [-0.25, -0.2) is 14.8 Å². The Balaban J connectivity index is 2.31. The average molecular weight is 256 g/mol. The second-order valence-electron chi connectivity index (χ2n) is 3.62. The number of anilines is 1. The van der Waals surface area contributed by atoms with E-state index < -0.39 is 6.09 Å². The molecule has 1 aromatic rings. The molecule has 0 bridgehead atoms. The Bertz CT molecular complexity index is 358. The maximum Gasteiger partial charge on any atom is 0.404 e. The van der Waals surface area contributed by atoms with Gasteiger partial charge in [-0.3, -0.25) is 0 Å². The molecule has 0 aliphatic rings. The van der Waals surface area contributed by atoms with Crippen molar-refractivity contribution in [3.05, 3.63) is 12.4 Å². The van der Waals surface area contributed by atoms with Crippen molar-refractivity contribution < 1.29 is 9.90 Å². The minimum Gasteiger partial charge on any atom is -0.465 e. The van der Waals surface area contributed by atoms with Crippen molar-refractivity contribution in [1.82, 2.24) is 15.3 Å². The molecule has 7 heteroatoms. The van der Waals surface area contributed by atoms with Gasteiger partial charge < -0.3 is 15.7 Å². The number of carbonyl (C=O) groups is 1. The van der Waals surface area contributed by atoms with E-state index in [2.05, 4.69) is 20.6 Å². The van der Waals surface area contributed by atoms with Gasteiger partial charge in [-0.05, 0) is 12.2 Å². The minimum atomic E-state index is -1.00. The first-order valence-electron chi connectivity index (χ1n) is 5.18. The predicted molar refractivity (Wildman–Crippen MR) is 67.5 cm³/mol. The molecule has 0 saturated carbocycles. The van der Waals surface area contributed by atoms with E-state index in [0.717, 1.165) is 4.90 Å². The van der Waals surface area contributed by atoms with Crippen molar-refractivity contribution >= 4 is 23.8 Å². The molecule has 0 aromatic carbocycles. The first-order chi connectivity index (χ1) is 8.11. The summed E-state index contributed by atoms with van der Waals surface area (Å²) in [5.74, 6) is 0.736. The van der Waals surface area contributed by atoms with E-state index in [1.807, 2.05) is 13.2 Å². The normalized spacial score (nSPS) is 11.9. The van der Waals surface area contributed by atoms with Crippen LogP contribution in [0.25, 0.3) is 0 Å². The molecule has 1 amide bonds. The molecule has 1 unspecified atom stereocenters. The summed E-state index contributed by atoms with van der Waals surface area (Å²) in [6.45, 7) is 2.98. The molecule has 0 radical (unpaired) electrons. The standard InChI is InChI=1S/C10H16N4O2S/c1-7(4-14-10(15)16)3-11-9-12-5-8(17-2)6-13-9/h5-7,14H,3-4H2,1-2H3,(H,15,16)(H,11,12,13). The Hall–Kier alpha value is -1.50. The van der Waals surface area contributed by atoms with Gasteiger partial charge in [-0.2, -0.15) is 0 Å². The van der Waals surface area contributed by atoms with Gasteiger partial charge in [0.25, 0.3) is 0 Å². The summed E-state index contributed by atoms with van der Waals surface area (Å²) in [6.07, 6.45) is 4.46. The lowest BCUT2D eigenvalue weighted by atomic mass is 10.2. The highest BCUT2D eigenvalue weighted by atomic mass is 32.2. The summed E-state index contributed by atoms with van der Waals surface area (Å²) >= 11 is 1.59. The molecule has 1 rings (SSSR count). The Morgan fingerprint density at radius 1 is 1.47 bits per heavy atom. The third-order valence-corrected chi connectivity index (χ3v) is 2.76. The molecular formula is C10H16N4O2S. The number of nitrogens with zero attached hydrogens (tertiary/aromatic N) is 2. The fourth-order valence-corrected chi connectivity index (χ4v) is 1.43. The van der Waals surface area contributed by atoms with Crippen LogP contribution in [0, 0.1) is 5.92 Å². The zero-order chi connectivity index (χ0) is 12.7. The Morgan fingerprint density at radius 3 is 2.65 bits per heavy atom. The molecule has 0 aliphatic heterocycles. The fourth-order valence-electron chi connectivity index (χ4n) is 1.11. The second kappa shape index (κ2) is 6.95. The van der Waals surface area contributed by atoms with Crippen LogP contribution in [0.3, 0.4) is 0 Å². The summed E-state index contributed by atoms with van der Waals surface area (Å²) in [7, 11) is 0. The van der Waals surface area contributed by atoms with E-state index in [4.69, 9.17) is 5.11 Å². The number of hydrogen-bond donors (Lipinski definition) is 3. The summed E-state index contributed by atoms with van der Waals surface area (Å²) in [5, 5.41) is 13.8. The molecule has 0 aliphatic carbocycles. The lowest BCUT2D eigenvalue weighted by molar-refractivity contribution is 0.193. The van der Waals surface area contributed by atoms with Crippen molar-refractivity contribution in [3.8, 4) is 0 Å². The molecule has 94 valence electrons. The number of carboxylic acid groups (broad SMARTS) is 1. The van der Waals surface area contributed by atoms with Crippen molar-refractivity contribution in [2.24, 2.45) is 5.92 Å². The Kier molecular flexibility index (Phi) is 5.55. The number of aromatic nitrogens is 2. The van der Waals surface area contributed by atoms with Crippen molar-refractivity contribution in [3.63, 3.8) is 0 Å². The largest absolute Gasteiger partial charge is 0.465 e. The Labute approximate surface area is 104 Å². The molecule has 0 spiro atoms. The first kappa shape index (κ1) is 13.6. The van der Waals surface area contributed by atoms with E-state index in [1.54, 1.807) is 24.2 Å². The van der Waals surface area contributed by atoms with Crippen LogP contribution in [0.2, 0.25) is 0 Å². The van der Waals surface area contributed by atoms with Crippen LogP contribution in [0.5, 0.6) is 0 Å². The van der Waals surface area contributed by atoms with Gasteiger partial charge in [0.2, 0.25) is 5.95 Å². The summed E-state index contributed by atoms with van der Waals surface area (Å²) in [5.41, 5.74) is 0. The lowest BCUT2D eigenvalue weighted by Crippen LogP contribution is -2.29. The maximum atomic E-state index is 10.3. The van der Waals surface area contributed by atoms with Gasteiger partial charge in [-0.1, -0.05) is 6.92 Å². The van der Waals surface area contributed by atoms with E-state index in [1.165, 1.54) is 0 Å². The molecule has 6 nitrogen and oxygen atoms in total. The Morgan fingerprint density at radius 2 is 2.12 bits per heavy atom. The van der Waals surface area contributed by atoms with Gasteiger partial charge in [0.05, 0.1) is 0 Å². The van der Waals surface area contributed by atoms with Gasteiger partial charge in [0.15, 0.2) is 0 Å². The summed E-state index contributed by atoms with van der Waals surface area (Å²) < 4.78 is 0. The molecular weight excluding hydrogens is 240 g/mol. The van der Waals surface area contributed by atoms with Gasteiger partial charge in [0, 0.05) is 30.4 Å². The zero-order valence-corrected chi connectivity index (χ0v) is 10.6. The summed E-state index contributed by atoms with van der Waals surface area (Å²) in [6, 6.07) is 0. The summed E-state index contributed by atoms with van der Waals surface area (Å²) in [4.78, 5) is 19.6. The maximum absolute atomic E-state index is 10.3. The molecule has 17 heavy (non-hydrogen) atoms. The lowest BCUT2D eigenvalue weighted by Gasteiger charge is -2.12. The molecule has 0 fully saturated rings. The number of amides is 1. The van der Waals surface area contributed by atoms with Crippen LogP contribution in [0.4, 0.5) is 10.7 Å². The van der Waals surface area contributed by atoms with Gasteiger partial charge in [0.1, 0.15) is 0 Å². The zero-order valence-electron chi connectivity index (χ0n) is 9.80. The van der Waals surface area contributed by atoms with Crippen LogP contribution in [0.1, 0.15) is 6.92 Å². The quantitative estimate of drug-likeness (QED) is 0.669. The van der Waals surface area contributed by atoms with Gasteiger partial charge in [-0.15, -0.1) is 11.8 Å². The van der Waals surface area contributed by atoms with E-state index in [0.29, 0.717) is 19.0 Å². The fraction of sp³-hybridized carbons (Fsp3) is 0.500. The second-order valence-corrected chi connectivity index (χ2v) is 4.50. The van der Waals surface area contributed by atoms with Gasteiger partial charge >= 0.3 is 6.09 Å². The smallest absolute Gasteiger partial charge is 0.404 e. The third kappa shape index (κ3) is 5.39. The topological polar surface area (TPSA) is 87.1 Å². The highest BCUT2D eigenvalue weighted by Gasteiger charge is 2.04. The van der Waals surface area contributed by atoms with Crippen LogP contribution in [-0.4, -0.2) is 40.5 Å². The van der Waals surface area contributed by atoms with Crippen LogP contribution in [-0.2, 0) is 0 Å². The van der Waals surface area contributed by atoms with Crippen molar-refractivity contribution in [1.29, 1.82) is 0 Å². The number of thioether (sulfide) groups is 1. The van der Waals surface area contributed by atoms with Crippen LogP contribution in [0.15, 0.2) is 17.3 Å². The average Bonchev–Trinajstić information content (AvgIpc) is 2.34. The van der Waals surface area contributed by atoms with E-state index in [-0.39, 0.29) is 5.92 Å². The minimum absolute atomic E-state index is 0.176. The number of rotatable bonds is 6. The molecule has 1 atom stereocenters. The monoisotopic (exact) mass is 256 g/mol. The predicted octanol–water partition coefficient (Wildman–Crippen LogP) is 1.51. The molecule has 0 saturated heterocycles. The number of hydrogen-bond acceptors (Lipinski definition) is 5. The highest BCUT2D eigenvalue weighted by Crippen LogP contribution is 2.11. The van der Waals surface area contributed by atoms with Crippen molar-refractivity contribution in [2.45, 2.75) is 11.8 Å². The first-order valence-corrected chi connectivity index (χ1v) is 6.41. The molecule has 3 N–H and O–H groups in total. The SMILES string of the molecule is CSc1cnc(NCC(C)CNC(=O)O)nc1. The highest BCUT2D eigenvalue weighted by molar-refractivity contribution is 7.98. The molecule has 1 heterocycles. The number of nitrogens with one attached hydrogen (secondary N) is 2. The van der Waals surface area contributed by atoms with Crippen LogP contribution >= 0.6 is 11.8 Å². The third-order valence-electron chi connectivity index (χ3n) is 2.07. The molecule has 1 aromatic heterocycles.